The van der Waals surface area contributed by atoms with Crippen LogP contribution in [0.3, 0.4) is 0 Å². The average molecular weight is 331 g/mol. The van der Waals surface area contributed by atoms with E-state index in [0.717, 1.165) is 5.56 Å². The van der Waals surface area contributed by atoms with Crippen molar-refractivity contribution in [3.05, 3.63) is 46.7 Å². The van der Waals surface area contributed by atoms with Crippen molar-refractivity contribution in [1.29, 1.82) is 0 Å². The van der Waals surface area contributed by atoms with E-state index in [4.69, 9.17) is 9.47 Å². The lowest BCUT2D eigenvalue weighted by atomic mass is 10.1. The van der Waals surface area contributed by atoms with Gasteiger partial charge in [-0.3, -0.25) is 4.79 Å². The van der Waals surface area contributed by atoms with Crippen LogP contribution in [-0.4, -0.2) is 31.6 Å². The van der Waals surface area contributed by atoms with Crippen LogP contribution in [0, 0.1) is 0 Å². The lowest BCUT2D eigenvalue weighted by Gasteiger charge is -2.33. The lowest BCUT2D eigenvalue weighted by molar-refractivity contribution is -0.148. The number of nitrogens with zero attached hydrogens (tertiary/aromatic N) is 1. The third-order valence-electron chi connectivity index (χ3n) is 3.75. The van der Waals surface area contributed by atoms with Crippen LogP contribution in [0.25, 0.3) is 0 Å². The summed E-state index contributed by atoms with van der Waals surface area (Å²) >= 11 is 1.62. The van der Waals surface area contributed by atoms with Crippen molar-refractivity contribution in [2.75, 3.05) is 18.6 Å². The van der Waals surface area contributed by atoms with E-state index >= 15 is 0 Å². The number of amides is 1. The number of carbonyl (C=O) groups is 2. The summed E-state index contributed by atoms with van der Waals surface area (Å²) in [6.07, 6.45) is 0.281. The molecule has 0 fully saturated rings. The number of fused-ring (bicyclic) bond motifs is 1. The van der Waals surface area contributed by atoms with Crippen molar-refractivity contribution in [1.82, 2.24) is 0 Å². The number of ether oxygens (including phenoxy) is 2. The van der Waals surface area contributed by atoms with Crippen LogP contribution in [0.5, 0.6) is 5.75 Å². The SMILES string of the molecule is COC(=O)[C@@H]1CN(C(=O)CCc2ccsc2)c2ccccc2O1. The number of methoxy groups -OCH3 is 1. The summed E-state index contributed by atoms with van der Waals surface area (Å²) in [5, 5.41) is 4.04. The number of benzene rings is 1. The standard InChI is InChI=1S/C17H17NO4S/c1-21-17(20)15-10-18(13-4-2-3-5-14(13)22-15)16(19)7-6-12-8-9-23-11-12/h2-5,8-9,11,15H,6-7,10H2,1H3/t15-/m0/s1. The molecule has 0 radical (unpaired) electrons. The number of thiophene rings is 1. The molecular weight excluding hydrogens is 314 g/mol. The van der Waals surface area contributed by atoms with Crippen LogP contribution in [0.2, 0.25) is 0 Å². The van der Waals surface area contributed by atoms with E-state index in [0.29, 0.717) is 24.3 Å². The molecule has 0 unspecified atom stereocenters. The average Bonchev–Trinajstić information content (AvgIpc) is 3.11. The smallest absolute Gasteiger partial charge is 0.348 e. The molecule has 120 valence electrons. The highest BCUT2D eigenvalue weighted by molar-refractivity contribution is 7.07. The van der Waals surface area contributed by atoms with Gasteiger partial charge < -0.3 is 14.4 Å². The zero-order valence-corrected chi connectivity index (χ0v) is 13.5. The van der Waals surface area contributed by atoms with Crippen molar-refractivity contribution < 1.29 is 19.1 Å². The maximum atomic E-state index is 12.6. The Bertz CT molecular complexity index is 698. The molecule has 2 heterocycles. The highest BCUT2D eigenvalue weighted by atomic mass is 32.1. The van der Waals surface area contributed by atoms with Crippen molar-refractivity contribution >= 4 is 28.9 Å². The van der Waals surface area contributed by atoms with Crippen LogP contribution in [-0.2, 0) is 20.7 Å². The van der Waals surface area contributed by atoms with Gasteiger partial charge in [-0.15, -0.1) is 0 Å². The molecule has 5 nitrogen and oxygen atoms in total. The number of esters is 1. The highest BCUT2D eigenvalue weighted by Gasteiger charge is 2.34. The van der Waals surface area contributed by atoms with E-state index < -0.39 is 12.1 Å². The molecule has 23 heavy (non-hydrogen) atoms. The number of para-hydroxylation sites is 2. The molecule has 1 amide bonds. The molecule has 0 spiro atoms. The van der Waals surface area contributed by atoms with Gasteiger partial charge in [0.1, 0.15) is 5.75 Å². The topological polar surface area (TPSA) is 55.8 Å². The summed E-state index contributed by atoms with van der Waals surface area (Å²) in [5.74, 6) is 0.0222. The molecular formula is C17H17NO4S. The second kappa shape index (κ2) is 6.83. The van der Waals surface area contributed by atoms with Crippen molar-refractivity contribution in [2.24, 2.45) is 0 Å². The van der Waals surface area contributed by atoms with Crippen LogP contribution < -0.4 is 9.64 Å². The fourth-order valence-corrected chi connectivity index (χ4v) is 3.25. The Kier molecular flexibility index (Phi) is 4.62. The Morgan fingerprint density at radius 3 is 2.91 bits per heavy atom. The Morgan fingerprint density at radius 2 is 2.17 bits per heavy atom. The minimum Gasteiger partial charge on any atom is -0.475 e. The molecule has 0 saturated heterocycles. The normalized spacial score (nSPS) is 16.4. The number of anilines is 1. The molecule has 3 rings (SSSR count). The van der Waals surface area contributed by atoms with E-state index in [1.807, 2.05) is 35.0 Å². The van der Waals surface area contributed by atoms with E-state index in [2.05, 4.69) is 0 Å². The first-order valence-corrected chi connectivity index (χ1v) is 8.28. The summed E-state index contributed by atoms with van der Waals surface area (Å²) < 4.78 is 10.4. The monoisotopic (exact) mass is 331 g/mol. The van der Waals surface area contributed by atoms with Crippen LogP contribution >= 0.6 is 11.3 Å². The maximum Gasteiger partial charge on any atom is 0.348 e. The predicted molar refractivity (Wildman–Crippen MR) is 87.9 cm³/mol. The Morgan fingerprint density at radius 1 is 1.35 bits per heavy atom. The highest BCUT2D eigenvalue weighted by Crippen LogP contribution is 2.33. The molecule has 1 aromatic heterocycles. The summed E-state index contributed by atoms with van der Waals surface area (Å²) in [6, 6.07) is 9.25. The van der Waals surface area contributed by atoms with E-state index in [-0.39, 0.29) is 12.5 Å². The first-order chi connectivity index (χ1) is 11.2. The van der Waals surface area contributed by atoms with Gasteiger partial charge >= 0.3 is 5.97 Å². The molecule has 1 aliphatic heterocycles. The fraction of sp³-hybridized carbons (Fsp3) is 0.294. The fourth-order valence-electron chi connectivity index (χ4n) is 2.55. The van der Waals surface area contributed by atoms with Crippen LogP contribution in [0.1, 0.15) is 12.0 Å². The number of aryl methyl sites for hydroxylation is 1. The predicted octanol–water partition coefficient (Wildman–Crippen LogP) is 2.65. The zero-order chi connectivity index (χ0) is 16.2. The first-order valence-electron chi connectivity index (χ1n) is 7.34. The second-order valence-electron chi connectivity index (χ2n) is 5.23. The van der Waals surface area contributed by atoms with Gasteiger partial charge in [0.2, 0.25) is 12.0 Å². The van der Waals surface area contributed by atoms with Crippen LogP contribution in [0.4, 0.5) is 5.69 Å². The van der Waals surface area contributed by atoms with Gasteiger partial charge in [-0.1, -0.05) is 12.1 Å². The molecule has 1 aromatic carbocycles. The summed E-state index contributed by atoms with van der Waals surface area (Å²) in [5.41, 5.74) is 1.84. The van der Waals surface area contributed by atoms with E-state index in [1.165, 1.54) is 7.11 Å². The number of hydrogen-bond acceptors (Lipinski definition) is 5. The van der Waals surface area contributed by atoms with Crippen molar-refractivity contribution in [3.8, 4) is 5.75 Å². The Hall–Kier alpha value is -2.34. The first kappa shape index (κ1) is 15.6. The number of carbonyl (C=O) groups excluding carboxylic acids is 2. The van der Waals surface area contributed by atoms with E-state index in [9.17, 15) is 9.59 Å². The Labute approximate surface area is 138 Å². The molecule has 1 atom stereocenters. The van der Waals surface area contributed by atoms with Gasteiger partial charge in [-0.2, -0.15) is 11.3 Å². The largest absolute Gasteiger partial charge is 0.475 e. The lowest BCUT2D eigenvalue weighted by Crippen LogP contribution is -2.47. The van der Waals surface area contributed by atoms with Gasteiger partial charge in [-0.05, 0) is 40.9 Å². The molecule has 0 bridgehead atoms. The van der Waals surface area contributed by atoms with Crippen LogP contribution in [0.15, 0.2) is 41.1 Å². The number of hydrogen-bond donors (Lipinski definition) is 0. The summed E-state index contributed by atoms with van der Waals surface area (Å²) in [7, 11) is 1.31. The van der Waals surface area contributed by atoms with Gasteiger partial charge in [0.25, 0.3) is 0 Å². The zero-order valence-electron chi connectivity index (χ0n) is 12.7. The Balaban J connectivity index is 1.78. The molecule has 0 N–H and O–H groups in total. The van der Waals surface area contributed by atoms with E-state index in [1.54, 1.807) is 22.3 Å². The molecule has 0 saturated carbocycles. The third-order valence-corrected chi connectivity index (χ3v) is 4.48. The minimum absolute atomic E-state index is 0.0270. The third kappa shape index (κ3) is 3.37. The van der Waals surface area contributed by atoms with Crippen molar-refractivity contribution in [2.45, 2.75) is 18.9 Å². The van der Waals surface area contributed by atoms with Gasteiger partial charge in [-0.25, -0.2) is 4.79 Å². The minimum atomic E-state index is -0.792. The van der Waals surface area contributed by atoms with Gasteiger partial charge in [0, 0.05) is 6.42 Å². The molecule has 0 aliphatic carbocycles. The summed E-state index contributed by atoms with van der Waals surface area (Å²) in [6.45, 7) is 0.173. The molecule has 2 aromatic rings. The van der Waals surface area contributed by atoms with Crippen molar-refractivity contribution in [3.63, 3.8) is 0 Å². The quantitative estimate of drug-likeness (QED) is 0.808. The second-order valence-corrected chi connectivity index (χ2v) is 6.01. The summed E-state index contributed by atoms with van der Waals surface area (Å²) in [4.78, 5) is 26.1. The van der Waals surface area contributed by atoms with Gasteiger partial charge in [0.05, 0.1) is 19.3 Å². The van der Waals surface area contributed by atoms with Gasteiger partial charge in [0.15, 0.2) is 0 Å². The maximum absolute atomic E-state index is 12.6. The number of rotatable bonds is 4. The molecule has 1 aliphatic rings. The molecule has 6 heteroatoms.